The minimum absolute atomic E-state index is 0.0191. The molecule has 0 unspecified atom stereocenters. The van der Waals surface area contributed by atoms with Crippen LogP contribution in [0.4, 0.5) is 17.1 Å². The molecule has 2 aliphatic heterocycles. The summed E-state index contributed by atoms with van der Waals surface area (Å²) in [5.41, 5.74) is 15.3. The largest absolute Gasteiger partial charge is 0.309 e. The number of hydrogen-bond donors (Lipinski definition) is 0. The average molecular weight is 621 g/mol. The number of carbonyl (C=O) groups is 1. The van der Waals surface area contributed by atoms with Crippen LogP contribution in [0, 0.1) is 20.8 Å². The van der Waals surface area contributed by atoms with Crippen molar-refractivity contribution >= 4 is 57.3 Å². The topological polar surface area (TPSA) is 23.6 Å². The SMILES string of the molecule is CCN1C(=O)/C(=C\c2ccc3c(c2)C2(c4ccccc4-c4ccccc42)c2ccccc2N3c2c(C)cc(C)cc2C)SC1=S. The maximum atomic E-state index is 13.3. The van der Waals surface area contributed by atoms with Gasteiger partial charge in [0.15, 0.2) is 0 Å². The Balaban J connectivity index is 1.48. The summed E-state index contributed by atoms with van der Waals surface area (Å²) in [6.45, 7) is 9.13. The van der Waals surface area contributed by atoms with Gasteiger partial charge in [-0.15, -0.1) is 0 Å². The van der Waals surface area contributed by atoms with Crippen molar-refractivity contribution in [2.75, 3.05) is 11.4 Å². The fourth-order valence-corrected chi connectivity index (χ4v) is 9.29. The Bertz CT molecular complexity index is 2060. The highest BCUT2D eigenvalue weighted by Crippen LogP contribution is 2.63. The van der Waals surface area contributed by atoms with E-state index in [9.17, 15) is 4.79 Å². The molecule has 1 fully saturated rings. The summed E-state index contributed by atoms with van der Waals surface area (Å²) in [5.74, 6) is -0.0191. The molecule has 8 rings (SSSR count). The molecule has 1 amide bonds. The number of aryl methyl sites for hydroxylation is 3. The second-order valence-electron chi connectivity index (χ2n) is 12.1. The van der Waals surface area contributed by atoms with Crippen LogP contribution in [-0.2, 0) is 10.2 Å². The molecule has 0 aromatic heterocycles. The number of fused-ring (bicyclic) bond motifs is 9. The molecule has 3 nitrogen and oxygen atoms in total. The predicted octanol–water partition coefficient (Wildman–Crippen LogP) is 9.98. The highest BCUT2D eigenvalue weighted by Gasteiger charge is 2.51. The van der Waals surface area contributed by atoms with Crippen LogP contribution in [0.15, 0.2) is 108 Å². The van der Waals surface area contributed by atoms with Crippen molar-refractivity contribution in [3.8, 4) is 11.1 Å². The Morgan fingerprint density at radius 1 is 0.733 bits per heavy atom. The van der Waals surface area contributed by atoms with Gasteiger partial charge >= 0.3 is 0 Å². The minimum atomic E-state index is -0.534. The third kappa shape index (κ3) is 3.90. The van der Waals surface area contributed by atoms with E-state index in [-0.39, 0.29) is 5.91 Å². The molecule has 0 atom stereocenters. The van der Waals surface area contributed by atoms with Gasteiger partial charge in [-0.2, -0.15) is 0 Å². The number of rotatable bonds is 3. The summed E-state index contributed by atoms with van der Waals surface area (Å²) >= 11 is 6.93. The van der Waals surface area contributed by atoms with E-state index >= 15 is 0 Å². The lowest BCUT2D eigenvalue weighted by Crippen LogP contribution is -2.36. The molecular weight excluding hydrogens is 589 g/mol. The molecule has 5 aromatic carbocycles. The molecule has 3 aliphatic rings. The van der Waals surface area contributed by atoms with E-state index in [1.54, 1.807) is 4.90 Å². The monoisotopic (exact) mass is 620 g/mol. The number of nitrogens with zero attached hydrogens (tertiary/aromatic N) is 2. The Morgan fingerprint density at radius 2 is 1.31 bits per heavy atom. The van der Waals surface area contributed by atoms with Gasteiger partial charge in [-0.3, -0.25) is 9.69 Å². The number of thioether (sulfide) groups is 1. The molecule has 45 heavy (non-hydrogen) atoms. The van der Waals surface area contributed by atoms with E-state index in [4.69, 9.17) is 12.2 Å². The molecule has 5 heteroatoms. The Kier molecular flexibility index (Phi) is 6.42. The molecule has 1 aliphatic carbocycles. The van der Waals surface area contributed by atoms with Crippen molar-refractivity contribution in [1.82, 2.24) is 4.90 Å². The molecule has 0 N–H and O–H groups in total. The first-order valence-corrected chi connectivity index (χ1v) is 16.6. The first kappa shape index (κ1) is 28.1. The van der Waals surface area contributed by atoms with Crippen LogP contribution in [0.3, 0.4) is 0 Å². The number of amides is 1. The molecule has 2 heterocycles. The van der Waals surface area contributed by atoms with E-state index in [0.29, 0.717) is 15.8 Å². The third-order valence-electron chi connectivity index (χ3n) is 9.51. The summed E-state index contributed by atoms with van der Waals surface area (Å²) in [7, 11) is 0. The lowest BCUT2D eigenvalue weighted by Gasteiger charge is -2.46. The van der Waals surface area contributed by atoms with Crippen LogP contribution in [0.1, 0.15) is 51.4 Å². The Labute approximate surface area is 274 Å². The Hall–Kier alpha value is -4.45. The smallest absolute Gasteiger partial charge is 0.266 e. The van der Waals surface area contributed by atoms with Crippen molar-refractivity contribution < 1.29 is 4.79 Å². The van der Waals surface area contributed by atoms with E-state index in [2.05, 4.69) is 129 Å². The molecule has 1 saturated heterocycles. The lowest BCUT2D eigenvalue weighted by atomic mass is 9.64. The van der Waals surface area contributed by atoms with Crippen molar-refractivity contribution in [2.24, 2.45) is 0 Å². The molecule has 0 radical (unpaired) electrons. The van der Waals surface area contributed by atoms with Crippen LogP contribution in [0.25, 0.3) is 17.2 Å². The molecular formula is C40H32N2OS2. The summed E-state index contributed by atoms with van der Waals surface area (Å²) in [6.07, 6.45) is 2.02. The van der Waals surface area contributed by atoms with E-state index in [1.165, 1.54) is 73.2 Å². The summed E-state index contributed by atoms with van der Waals surface area (Å²) in [6, 6.07) is 37.9. The van der Waals surface area contributed by atoms with Crippen LogP contribution in [0.5, 0.6) is 0 Å². The van der Waals surface area contributed by atoms with Crippen molar-refractivity contribution in [1.29, 1.82) is 0 Å². The van der Waals surface area contributed by atoms with Crippen LogP contribution >= 0.6 is 24.0 Å². The quantitative estimate of drug-likeness (QED) is 0.145. The van der Waals surface area contributed by atoms with E-state index in [0.717, 1.165) is 11.3 Å². The van der Waals surface area contributed by atoms with Gasteiger partial charge in [0.05, 0.1) is 27.4 Å². The normalized spacial score (nSPS) is 16.7. The zero-order valence-electron chi connectivity index (χ0n) is 25.7. The van der Waals surface area contributed by atoms with Gasteiger partial charge in [0, 0.05) is 6.54 Å². The van der Waals surface area contributed by atoms with Gasteiger partial charge in [0.1, 0.15) is 4.32 Å². The van der Waals surface area contributed by atoms with Gasteiger partial charge in [-0.1, -0.05) is 114 Å². The number of benzene rings is 5. The minimum Gasteiger partial charge on any atom is -0.309 e. The highest BCUT2D eigenvalue weighted by atomic mass is 32.2. The molecule has 220 valence electrons. The first-order valence-electron chi connectivity index (χ1n) is 15.4. The van der Waals surface area contributed by atoms with Gasteiger partial charge in [0.25, 0.3) is 5.91 Å². The molecule has 5 aromatic rings. The lowest BCUT2D eigenvalue weighted by molar-refractivity contribution is -0.121. The second kappa shape index (κ2) is 10.3. The summed E-state index contributed by atoms with van der Waals surface area (Å²) in [5, 5.41) is 0. The second-order valence-corrected chi connectivity index (χ2v) is 13.8. The summed E-state index contributed by atoms with van der Waals surface area (Å²) in [4.78, 5) is 18.1. The maximum absolute atomic E-state index is 13.3. The van der Waals surface area contributed by atoms with Crippen LogP contribution < -0.4 is 4.90 Å². The zero-order chi connectivity index (χ0) is 31.0. The van der Waals surface area contributed by atoms with E-state index < -0.39 is 5.41 Å². The average Bonchev–Trinajstić information content (AvgIpc) is 3.48. The summed E-state index contributed by atoms with van der Waals surface area (Å²) < 4.78 is 0.618. The number of thiocarbonyl (C=S) groups is 1. The fraction of sp³-hybridized carbons (Fsp3) is 0.150. The number of anilines is 3. The molecule has 0 saturated carbocycles. The van der Waals surface area contributed by atoms with Crippen molar-refractivity contribution in [3.63, 3.8) is 0 Å². The highest BCUT2D eigenvalue weighted by molar-refractivity contribution is 8.26. The van der Waals surface area contributed by atoms with Crippen molar-refractivity contribution in [3.05, 3.63) is 153 Å². The van der Waals surface area contributed by atoms with Gasteiger partial charge < -0.3 is 4.90 Å². The molecule has 0 bridgehead atoms. The number of para-hydroxylation sites is 1. The third-order valence-corrected chi connectivity index (χ3v) is 10.9. The van der Waals surface area contributed by atoms with Gasteiger partial charge in [0.2, 0.25) is 0 Å². The predicted molar refractivity (Wildman–Crippen MR) is 192 cm³/mol. The van der Waals surface area contributed by atoms with Crippen molar-refractivity contribution in [2.45, 2.75) is 33.1 Å². The van der Waals surface area contributed by atoms with Gasteiger partial charge in [-0.25, -0.2) is 0 Å². The number of carbonyl (C=O) groups excluding carboxylic acids is 1. The maximum Gasteiger partial charge on any atom is 0.266 e. The number of hydrogen-bond acceptors (Lipinski definition) is 4. The van der Waals surface area contributed by atoms with Gasteiger partial charge in [-0.05, 0) is 102 Å². The van der Waals surface area contributed by atoms with Crippen LogP contribution in [-0.4, -0.2) is 21.7 Å². The van der Waals surface area contributed by atoms with E-state index in [1.807, 2.05) is 13.0 Å². The zero-order valence-corrected chi connectivity index (χ0v) is 27.4. The first-order chi connectivity index (χ1) is 21.8. The fourth-order valence-electron chi connectivity index (χ4n) is 7.90. The Morgan fingerprint density at radius 3 is 1.93 bits per heavy atom. The van der Waals surface area contributed by atoms with Crippen LogP contribution in [0.2, 0.25) is 0 Å². The molecule has 1 spiro atoms. The standard InChI is InChI=1S/C40H32N2OS2/c1-5-41-38(43)36(45-39(41)44)23-27-18-19-35-33(22-27)40(30-14-8-6-12-28(30)29-13-7-9-15-31(29)40)32-16-10-11-17-34(32)42(35)37-25(3)20-24(2)21-26(37)4/h6-23H,5H2,1-4H3/b36-23+. The number of likely N-dealkylation sites (N-methyl/N-ethyl adjacent to an activating group) is 1.